The average molecular weight is 811 g/mol. The largest absolute Gasteiger partial charge is 0.438 e. The summed E-state index contributed by atoms with van der Waals surface area (Å²) in [4.78, 5) is 21.6. The summed E-state index contributed by atoms with van der Waals surface area (Å²) in [6.07, 6.45) is 0. The van der Waals surface area contributed by atoms with Gasteiger partial charge >= 0.3 is 0 Å². The lowest BCUT2D eigenvalue weighted by Crippen LogP contribution is -1.95. The second kappa shape index (κ2) is 14.9. The van der Waals surface area contributed by atoms with Gasteiger partial charge in [0, 0.05) is 43.1 Å². The maximum absolute atomic E-state index is 6.35. The van der Waals surface area contributed by atoms with Crippen LogP contribution in [0.2, 0.25) is 0 Å². The molecule has 0 fully saturated rings. The van der Waals surface area contributed by atoms with Gasteiger partial charge in [-0.25, -0.2) is 15.0 Å². The quantitative estimate of drug-likeness (QED) is 0.160. The third-order valence-corrected chi connectivity index (χ3v) is 12.6. The smallest absolute Gasteiger partial charge is 0.231 e. The highest BCUT2D eigenvalue weighted by molar-refractivity contribution is 7.25. The van der Waals surface area contributed by atoms with Gasteiger partial charge in [0.05, 0.1) is 16.8 Å². The Balaban J connectivity index is 1.02. The van der Waals surface area contributed by atoms with Crippen molar-refractivity contribution in [3.05, 3.63) is 206 Å². The minimum absolute atomic E-state index is 0.573. The van der Waals surface area contributed by atoms with E-state index in [4.69, 9.17) is 24.4 Å². The van der Waals surface area contributed by atoms with Crippen molar-refractivity contribution in [2.45, 2.75) is 0 Å². The molecule has 8 aromatic carbocycles. The summed E-state index contributed by atoms with van der Waals surface area (Å²) in [5, 5.41) is 4.14. The monoisotopic (exact) mass is 810 g/mol. The van der Waals surface area contributed by atoms with Crippen molar-refractivity contribution in [3.8, 4) is 78.7 Å². The maximum atomic E-state index is 6.35. The molecule has 0 aliphatic heterocycles. The Morgan fingerprint density at radius 2 is 0.790 bits per heavy atom. The van der Waals surface area contributed by atoms with Gasteiger partial charge in [-0.15, -0.1) is 11.3 Å². The highest BCUT2D eigenvalue weighted by atomic mass is 32.1. The summed E-state index contributed by atoms with van der Waals surface area (Å²) < 4.78 is 7.54. The van der Waals surface area contributed by atoms with Crippen molar-refractivity contribution < 1.29 is 4.42 Å². The van der Waals surface area contributed by atoms with Crippen LogP contribution in [0.25, 0.3) is 121 Å². The molecule has 4 aromatic heterocycles. The van der Waals surface area contributed by atoms with Gasteiger partial charge in [0.2, 0.25) is 5.71 Å². The average Bonchev–Trinajstić information content (AvgIpc) is 3.93. The van der Waals surface area contributed by atoms with Crippen LogP contribution < -0.4 is 0 Å². The molecule has 0 aliphatic carbocycles. The van der Waals surface area contributed by atoms with Gasteiger partial charge in [0.1, 0.15) is 10.4 Å². The van der Waals surface area contributed by atoms with Gasteiger partial charge in [-0.3, -0.25) is 0 Å². The van der Waals surface area contributed by atoms with Gasteiger partial charge in [-0.2, -0.15) is 4.98 Å². The molecule has 62 heavy (non-hydrogen) atoms. The molecular formula is C56H34N4OS. The third kappa shape index (κ3) is 6.33. The Labute approximate surface area is 361 Å². The van der Waals surface area contributed by atoms with Gasteiger partial charge in [0.15, 0.2) is 11.6 Å². The topological polar surface area (TPSA) is 64.7 Å². The zero-order chi connectivity index (χ0) is 41.0. The summed E-state index contributed by atoms with van der Waals surface area (Å²) in [7, 11) is 0. The fraction of sp³-hybridized carbons (Fsp3) is 0. The van der Waals surface area contributed by atoms with Crippen LogP contribution >= 0.6 is 11.3 Å². The Kier molecular flexibility index (Phi) is 8.61. The van der Waals surface area contributed by atoms with E-state index in [9.17, 15) is 0 Å². The molecule has 0 unspecified atom stereocenters. The van der Waals surface area contributed by atoms with E-state index in [1.54, 1.807) is 11.3 Å². The van der Waals surface area contributed by atoms with E-state index < -0.39 is 0 Å². The zero-order valence-corrected chi connectivity index (χ0v) is 34.1. The number of aromatic nitrogens is 4. The fourth-order valence-corrected chi connectivity index (χ4v) is 9.63. The van der Waals surface area contributed by atoms with E-state index in [1.165, 1.54) is 4.70 Å². The van der Waals surface area contributed by atoms with E-state index in [1.807, 2.05) is 66.7 Å². The first kappa shape index (κ1) is 35.8. The summed E-state index contributed by atoms with van der Waals surface area (Å²) in [5.74, 6) is 1.34. The Morgan fingerprint density at radius 3 is 1.48 bits per heavy atom. The molecule has 0 saturated carbocycles. The first-order chi connectivity index (χ1) is 30.7. The number of hydrogen-bond acceptors (Lipinski definition) is 6. The highest BCUT2D eigenvalue weighted by Gasteiger charge is 2.20. The van der Waals surface area contributed by atoms with Crippen molar-refractivity contribution in [2.75, 3.05) is 0 Å². The number of benzene rings is 8. The van der Waals surface area contributed by atoms with Gasteiger partial charge in [-0.1, -0.05) is 164 Å². The molecule has 0 bridgehead atoms. The van der Waals surface area contributed by atoms with Crippen LogP contribution in [0.4, 0.5) is 0 Å². The van der Waals surface area contributed by atoms with Crippen molar-refractivity contribution >= 4 is 53.7 Å². The molecule has 0 saturated heterocycles. The van der Waals surface area contributed by atoms with Crippen LogP contribution in [0.5, 0.6) is 0 Å². The molecule has 0 aliphatic rings. The van der Waals surface area contributed by atoms with Crippen molar-refractivity contribution in [2.24, 2.45) is 0 Å². The Bertz CT molecular complexity index is 3640. The lowest BCUT2D eigenvalue weighted by Gasteiger charge is -2.14. The first-order valence-corrected chi connectivity index (χ1v) is 21.4. The number of rotatable bonds is 7. The summed E-state index contributed by atoms with van der Waals surface area (Å²) in [5.41, 5.74) is 13.7. The van der Waals surface area contributed by atoms with Crippen molar-refractivity contribution in [1.29, 1.82) is 0 Å². The number of furan rings is 1. The van der Waals surface area contributed by atoms with E-state index in [0.29, 0.717) is 17.4 Å². The number of hydrogen-bond donors (Lipinski definition) is 0. The SMILES string of the molecule is c1ccc(-c2cc(-c3cccc(-c4cccc(-c5nc(-c6ccccc6)nc6oc7ccccc7c56)c4)c3)cc(-c3nc(-c4ccccc4)nc4sc5ccccc5c34)c2)cc1. The molecule has 0 spiro atoms. The van der Waals surface area contributed by atoms with E-state index >= 15 is 0 Å². The summed E-state index contributed by atoms with van der Waals surface area (Å²) in [6, 6.07) is 71.9. The van der Waals surface area contributed by atoms with E-state index in [-0.39, 0.29) is 0 Å². The van der Waals surface area contributed by atoms with Crippen LogP contribution in [-0.2, 0) is 0 Å². The fourth-order valence-electron chi connectivity index (χ4n) is 8.55. The minimum atomic E-state index is 0.573. The molecular weight excluding hydrogens is 777 g/mol. The molecule has 0 N–H and O–H groups in total. The maximum Gasteiger partial charge on any atom is 0.231 e. The normalized spacial score (nSPS) is 11.5. The predicted octanol–water partition coefficient (Wildman–Crippen LogP) is 15.2. The molecule has 5 nitrogen and oxygen atoms in total. The molecule has 4 heterocycles. The predicted molar refractivity (Wildman–Crippen MR) is 256 cm³/mol. The standard InChI is InChI=1S/C56H34N4OS/c1-4-16-35(17-5-1)42-32-43(34-44(33-42)52-50-46-27-11-13-29-48(46)62-56(50)60-54(58-52)37-20-8-3-9-21-37)40-24-14-22-38(30-40)39-23-15-25-41(31-39)51-49-45-26-10-12-28-47(45)61-55(49)59-53(57-51)36-18-6-2-7-19-36/h1-34H. The number of fused-ring (bicyclic) bond motifs is 6. The Morgan fingerprint density at radius 1 is 0.323 bits per heavy atom. The number of thiophene rings is 1. The van der Waals surface area contributed by atoms with Crippen LogP contribution in [0.1, 0.15) is 0 Å². The van der Waals surface area contributed by atoms with Crippen molar-refractivity contribution in [3.63, 3.8) is 0 Å². The number of nitrogens with zero attached hydrogens (tertiary/aromatic N) is 4. The van der Waals surface area contributed by atoms with Crippen molar-refractivity contribution in [1.82, 2.24) is 19.9 Å². The molecule has 0 atom stereocenters. The third-order valence-electron chi connectivity index (χ3n) is 11.5. The lowest BCUT2D eigenvalue weighted by atomic mass is 9.92. The second-order valence-electron chi connectivity index (χ2n) is 15.4. The van der Waals surface area contributed by atoms with E-state index in [0.717, 1.165) is 99.0 Å². The van der Waals surface area contributed by atoms with Gasteiger partial charge in [0.25, 0.3) is 0 Å². The zero-order valence-electron chi connectivity index (χ0n) is 33.2. The first-order valence-electron chi connectivity index (χ1n) is 20.6. The number of para-hydroxylation sites is 1. The van der Waals surface area contributed by atoms with Crippen LogP contribution in [-0.4, -0.2) is 19.9 Å². The molecule has 0 amide bonds. The highest BCUT2D eigenvalue weighted by Crippen LogP contribution is 2.43. The lowest BCUT2D eigenvalue weighted by molar-refractivity contribution is 0.653. The summed E-state index contributed by atoms with van der Waals surface area (Å²) in [6.45, 7) is 0. The molecule has 290 valence electrons. The van der Waals surface area contributed by atoms with Gasteiger partial charge < -0.3 is 4.42 Å². The van der Waals surface area contributed by atoms with E-state index in [2.05, 4.69) is 140 Å². The molecule has 12 rings (SSSR count). The van der Waals surface area contributed by atoms with Crippen LogP contribution in [0.3, 0.4) is 0 Å². The van der Waals surface area contributed by atoms with Crippen LogP contribution in [0, 0.1) is 0 Å². The molecule has 0 radical (unpaired) electrons. The molecule has 6 heteroatoms. The second-order valence-corrected chi connectivity index (χ2v) is 16.4. The van der Waals surface area contributed by atoms with Crippen LogP contribution in [0.15, 0.2) is 211 Å². The van der Waals surface area contributed by atoms with Gasteiger partial charge in [-0.05, 0) is 75.8 Å². The molecule has 12 aromatic rings. The summed E-state index contributed by atoms with van der Waals surface area (Å²) >= 11 is 1.72. The minimum Gasteiger partial charge on any atom is -0.438 e. The Hall–Kier alpha value is -8.06.